The lowest BCUT2D eigenvalue weighted by atomic mass is 9.45. The third kappa shape index (κ3) is 2.13. The number of fused-ring (bicyclic) bond motifs is 5. The first-order chi connectivity index (χ1) is 13.0. The molecule has 5 heteroatoms. The molecule has 7 atom stereocenters. The van der Waals surface area contributed by atoms with Gasteiger partial charge in [0, 0.05) is 11.8 Å². The van der Waals surface area contributed by atoms with Gasteiger partial charge in [0.25, 0.3) is 0 Å². The van der Waals surface area contributed by atoms with E-state index >= 15 is 0 Å². The number of hydrogen-bond acceptors (Lipinski definition) is 5. The van der Waals surface area contributed by atoms with Crippen LogP contribution in [0.1, 0.15) is 46.0 Å². The number of rotatable bonds is 2. The zero-order valence-corrected chi connectivity index (χ0v) is 16.7. The second-order valence-corrected chi connectivity index (χ2v) is 9.74. The van der Waals surface area contributed by atoms with Crippen LogP contribution in [-0.2, 0) is 9.59 Å². The largest absolute Gasteiger partial charge is 0.393 e. The number of carbonyl (C=O) groups is 2. The summed E-state index contributed by atoms with van der Waals surface area (Å²) in [4.78, 5) is 24.6. The van der Waals surface area contributed by atoms with Crippen molar-refractivity contribution in [2.45, 2.75) is 57.7 Å². The first-order valence-corrected chi connectivity index (χ1v) is 10.2. The number of carbonyl (C=O) groups excluding carboxylic acids is 2. The average Bonchev–Trinajstić information content (AvgIpc) is 2.79. The van der Waals surface area contributed by atoms with Crippen LogP contribution in [-0.4, -0.2) is 45.2 Å². The van der Waals surface area contributed by atoms with E-state index in [0.717, 1.165) is 18.4 Å². The van der Waals surface area contributed by atoms with Crippen molar-refractivity contribution in [3.05, 3.63) is 36.0 Å². The molecule has 0 aromatic carbocycles. The number of hydrogen-bond donors (Lipinski definition) is 3. The van der Waals surface area contributed by atoms with Crippen LogP contribution in [0.2, 0.25) is 0 Å². The zero-order valence-electron chi connectivity index (χ0n) is 16.7. The van der Waals surface area contributed by atoms with E-state index in [-0.39, 0.29) is 40.9 Å². The van der Waals surface area contributed by atoms with Gasteiger partial charge in [0.05, 0.1) is 6.10 Å². The van der Waals surface area contributed by atoms with Crippen LogP contribution < -0.4 is 0 Å². The average molecular weight is 386 g/mol. The van der Waals surface area contributed by atoms with E-state index in [1.807, 2.05) is 6.92 Å². The molecule has 5 nitrogen and oxygen atoms in total. The van der Waals surface area contributed by atoms with Crippen molar-refractivity contribution in [3.8, 4) is 0 Å². The van der Waals surface area contributed by atoms with Gasteiger partial charge in [0.1, 0.15) is 6.61 Å². The quantitative estimate of drug-likeness (QED) is 0.676. The SMILES string of the molecule is C=C1C(=C)[C@](O)(C(=O)CO)[C@@]2(C)CC(O)[C@H]3[C@@H](CCC4=CC(=O)CC[C@@]43C)[C@H]12. The number of allylic oxidation sites excluding steroid dienone is 1. The summed E-state index contributed by atoms with van der Waals surface area (Å²) >= 11 is 0. The van der Waals surface area contributed by atoms with E-state index in [0.29, 0.717) is 18.4 Å². The minimum Gasteiger partial charge on any atom is -0.393 e. The maximum Gasteiger partial charge on any atom is 0.194 e. The summed E-state index contributed by atoms with van der Waals surface area (Å²) in [5.74, 6) is -0.739. The smallest absolute Gasteiger partial charge is 0.194 e. The van der Waals surface area contributed by atoms with E-state index in [2.05, 4.69) is 20.1 Å². The number of aliphatic hydroxyl groups is 3. The van der Waals surface area contributed by atoms with Crippen LogP contribution >= 0.6 is 0 Å². The summed E-state index contributed by atoms with van der Waals surface area (Å²) in [7, 11) is 0. The van der Waals surface area contributed by atoms with Crippen molar-refractivity contribution in [2.24, 2.45) is 28.6 Å². The van der Waals surface area contributed by atoms with Crippen molar-refractivity contribution >= 4 is 11.6 Å². The minimum atomic E-state index is -1.91. The van der Waals surface area contributed by atoms with Gasteiger partial charge in [-0.3, -0.25) is 9.59 Å². The molecular formula is C23H30O5. The summed E-state index contributed by atoms with van der Waals surface area (Å²) < 4.78 is 0. The number of Topliss-reactive ketones (excluding diaryl/α,β-unsaturated/α-hetero) is 1. The van der Waals surface area contributed by atoms with E-state index in [9.17, 15) is 24.9 Å². The van der Waals surface area contributed by atoms with Crippen LogP contribution in [0.25, 0.3) is 0 Å². The van der Waals surface area contributed by atoms with E-state index in [1.165, 1.54) is 0 Å². The third-order valence-corrected chi connectivity index (χ3v) is 8.64. The summed E-state index contributed by atoms with van der Waals surface area (Å²) in [6.45, 7) is 11.4. The van der Waals surface area contributed by atoms with Crippen LogP contribution in [0, 0.1) is 28.6 Å². The molecule has 1 unspecified atom stereocenters. The van der Waals surface area contributed by atoms with Crippen molar-refractivity contribution in [1.82, 2.24) is 0 Å². The molecule has 0 saturated heterocycles. The Labute approximate surface area is 165 Å². The maximum absolute atomic E-state index is 12.6. The van der Waals surface area contributed by atoms with Crippen molar-refractivity contribution in [3.63, 3.8) is 0 Å². The molecule has 0 heterocycles. The van der Waals surface area contributed by atoms with Gasteiger partial charge < -0.3 is 15.3 Å². The molecule has 0 amide bonds. The molecule has 4 aliphatic rings. The fourth-order valence-corrected chi connectivity index (χ4v) is 7.31. The lowest BCUT2D eigenvalue weighted by Crippen LogP contribution is -2.62. The lowest BCUT2D eigenvalue weighted by Gasteiger charge is -2.60. The molecule has 152 valence electrons. The van der Waals surface area contributed by atoms with Gasteiger partial charge in [-0.05, 0) is 66.1 Å². The molecule has 4 aliphatic carbocycles. The number of ketones is 2. The van der Waals surface area contributed by atoms with E-state index in [1.54, 1.807) is 6.08 Å². The summed E-state index contributed by atoms with van der Waals surface area (Å²) in [5.41, 5.74) is -1.06. The van der Waals surface area contributed by atoms with Gasteiger partial charge in [-0.1, -0.05) is 32.6 Å². The molecular weight excluding hydrogens is 356 g/mol. The van der Waals surface area contributed by atoms with Gasteiger partial charge in [0.2, 0.25) is 0 Å². The minimum absolute atomic E-state index is 0.0360. The molecule has 0 bridgehead atoms. The fourth-order valence-electron chi connectivity index (χ4n) is 7.31. The fraction of sp³-hybridized carbons (Fsp3) is 0.652. The van der Waals surface area contributed by atoms with Gasteiger partial charge in [0.15, 0.2) is 17.2 Å². The Morgan fingerprint density at radius 3 is 2.61 bits per heavy atom. The normalized spacial score (nSPS) is 47.9. The Kier molecular flexibility index (Phi) is 4.21. The van der Waals surface area contributed by atoms with Crippen molar-refractivity contribution < 1.29 is 24.9 Å². The highest BCUT2D eigenvalue weighted by atomic mass is 16.3. The molecule has 28 heavy (non-hydrogen) atoms. The molecule has 3 saturated carbocycles. The van der Waals surface area contributed by atoms with Crippen LogP contribution in [0.3, 0.4) is 0 Å². The highest BCUT2D eigenvalue weighted by molar-refractivity contribution is 5.95. The highest BCUT2D eigenvalue weighted by Crippen LogP contribution is 2.69. The van der Waals surface area contributed by atoms with Gasteiger partial charge in [-0.25, -0.2) is 0 Å². The Bertz CT molecular complexity index is 825. The van der Waals surface area contributed by atoms with Crippen molar-refractivity contribution in [1.29, 1.82) is 0 Å². The Morgan fingerprint density at radius 2 is 1.96 bits per heavy atom. The standard InChI is InChI=1S/C23H30O5/c1-12-13(2)23(28,18(27)11-24)22(4)10-17(26)20-16(19(12)22)6-5-14-9-15(25)7-8-21(14,20)3/h9,16-17,19-20,24,26,28H,1-2,5-8,10-11H2,3-4H3/t16-,17?,19-,20+,21-,22-,23-/m0/s1. The van der Waals surface area contributed by atoms with Crippen LogP contribution in [0.15, 0.2) is 36.0 Å². The van der Waals surface area contributed by atoms with Gasteiger partial charge >= 0.3 is 0 Å². The molecule has 0 aliphatic heterocycles. The highest BCUT2D eigenvalue weighted by Gasteiger charge is 2.70. The number of aliphatic hydroxyl groups excluding tert-OH is 2. The second-order valence-electron chi connectivity index (χ2n) is 9.74. The van der Waals surface area contributed by atoms with Crippen LogP contribution in [0.5, 0.6) is 0 Å². The second kappa shape index (κ2) is 5.97. The molecule has 0 spiro atoms. The maximum atomic E-state index is 12.6. The molecule has 0 radical (unpaired) electrons. The third-order valence-electron chi connectivity index (χ3n) is 8.64. The predicted octanol–water partition coefficient (Wildman–Crippen LogP) is 2.11. The van der Waals surface area contributed by atoms with Gasteiger partial charge in [-0.15, -0.1) is 0 Å². The Hall–Kier alpha value is -1.56. The lowest BCUT2D eigenvalue weighted by molar-refractivity contribution is -0.175. The molecule has 3 N–H and O–H groups in total. The molecule has 4 rings (SSSR count). The van der Waals surface area contributed by atoms with E-state index in [4.69, 9.17) is 0 Å². The zero-order chi connectivity index (χ0) is 20.6. The van der Waals surface area contributed by atoms with Crippen LogP contribution in [0.4, 0.5) is 0 Å². The van der Waals surface area contributed by atoms with Crippen molar-refractivity contribution in [2.75, 3.05) is 6.61 Å². The monoisotopic (exact) mass is 386 g/mol. The first-order valence-electron chi connectivity index (χ1n) is 10.2. The van der Waals surface area contributed by atoms with E-state index < -0.39 is 29.5 Å². The molecule has 3 fully saturated rings. The summed E-state index contributed by atoms with van der Waals surface area (Å²) in [6.07, 6.45) is 4.03. The Balaban J connectivity index is 1.83. The first kappa shape index (κ1) is 19.7. The molecule has 0 aromatic heterocycles. The summed E-state index contributed by atoms with van der Waals surface area (Å²) in [6, 6.07) is 0. The topological polar surface area (TPSA) is 94.8 Å². The predicted molar refractivity (Wildman–Crippen MR) is 104 cm³/mol. The Morgan fingerprint density at radius 1 is 1.29 bits per heavy atom. The van der Waals surface area contributed by atoms with Gasteiger partial charge in [-0.2, -0.15) is 0 Å². The summed E-state index contributed by atoms with van der Waals surface area (Å²) in [5, 5.41) is 32.3. The molecule has 0 aromatic rings.